The summed E-state index contributed by atoms with van der Waals surface area (Å²) in [7, 11) is 0. The zero-order chi connectivity index (χ0) is 12.3. The Balaban J connectivity index is 2.57. The van der Waals surface area contributed by atoms with Crippen molar-refractivity contribution in [3.8, 4) is 0 Å². The maximum atomic E-state index is 11.4. The Labute approximate surface area is 99.4 Å². The number of nitrogens with one attached hydrogen (secondary N) is 1. The zero-order valence-corrected chi connectivity index (χ0v) is 11.0. The summed E-state index contributed by atoms with van der Waals surface area (Å²) in [5.41, 5.74) is -0.513. The number of carbonyl (C=O) groups excluding carboxylic acids is 1. The summed E-state index contributed by atoms with van der Waals surface area (Å²) < 4.78 is 9.11. The first-order valence-electron chi connectivity index (χ1n) is 5.11. The van der Waals surface area contributed by atoms with Crippen LogP contribution in [0.25, 0.3) is 0 Å². The van der Waals surface area contributed by atoms with Gasteiger partial charge in [-0.1, -0.05) is 13.8 Å². The van der Waals surface area contributed by atoms with Gasteiger partial charge in [0, 0.05) is 5.92 Å². The molecule has 1 rings (SSSR count). The van der Waals surface area contributed by atoms with E-state index < -0.39 is 11.7 Å². The van der Waals surface area contributed by atoms with E-state index in [1.807, 2.05) is 13.8 Å². The highest BCUT2D eigenvalue weighted by Crippen LogP contribution is 2.18. The van der Waals surface area contributed by atoms with Crippen molar-refractivity contribution < 1.29 is 9.53 Å². The number of nitrogens with zero attached hydrogens (tertiary/aromatic N) is 2. The molecule has 0 atom stereocenters. The molecule has 16 heavy (non-hydrogen) atoms. The van der Waals surface area contributed by atoms with Crippen LogP contribution < -0.4 is 5.32 Å². The fraction of sp³-hybridized carbons (Fsp3) is 0.700. The van der Waals surface area contributed by atoms with Gasteiger partial charge in [-0.25, -0.2) is 9.78 Å². The first-order chi connectivity index (χ1) is 7.28. The van der Waals surface area contributed by atoms with Crippen LogP contribution in [-0.4, -0.2) is 21.1 Å². The molecule has 0 saturated heterocycles. The second kappa shape index (κ2) is 4.78. The smallest absolute Gasteiger partial charge is 0.414 e. The van der Waals surface area contributed by atoms with Crippen molar-refractivity contribution >= 4 is 23.6 Å². The minimum atomic E-state index is -0.527. The highest BCUT2D eigenvalue weighted by atomic mass is 32.1. The monoisotopic (exact) mass is 243 g/mol. The average Bonchev–Trinajstić information content (AvgIpc) is 2.48. The van der Waals surface area contributed by atoms with E-state index in [0.29, 0.717) is 11.9 Å². The van der Waals surface area contributed by atoms with Crippen molar-refractivity contribution in [3.63, 3.8) is 0 Å². The molecule has 90 valence electrons. The summed E-state index contributed by atoms with van der Waals surface area (Å²) in [5.74, 6) is 0.620. The maximum absolute atomic E-state index is 11.4. The summed E-state index contributed by atoms with van der Waals surface area (Å²) in [6.45, 7) is 9.47. The Morgan fingerprint density at radius 3 is 2.50 bits per heavy atom. The van der Waals surface area contributed by atoms with Gasteiger partial charge >= 0.3 is 6.09 Å². The van der Waals surface area contributed by atoms with Crippen LogP contribution in [0, 0.1) is 0 Å². The number of hydrogen-bond donors (Lipinski definition) is 1. The van der Waals surface area contributed by atoms with Crippen LogP contribution in [0.2, 0.25) is 0 Å². The quantitative estimate of drug-likeness (QED) is 0.867. The van der Waals surface area contributed by atoms with E-state index in [-0.39, 0.29) is 0 Å². The van der Waals surface area contributed by atoms with Crippen molar-refractivity contribution in [1.29, 1.82) is 0 Å². The van der Waals surface area contributed by atoms with Crippen molar-refractivity contribution in [2.75, 3.05) is 5.32 Å². The topological polar surface area (TPSA) is 64.1 Å². The fourth-order valence-corrected chi connectivity index (χ4v) is 1.52. The lowest BCUT2D eigenvalue weighted by atomic mass is 10.2. The number of amides is 1. The van der Waals surface area contributed by atoms with E-state index in [4.69, 9.17) is 4.74 Å². The molecule has 0 aliphatic carbocycles. The third-order valence-corrected chi connectivity index (χ3v) is 2.56. The molecule has 0 bridgehead atoms. The van der Waals surface area contributed by atoms with Crippen LogP contribution in [0.4, 0.5) is 10.7 Å². The van der Waals surface area contributed by atoms with Gasteiger partial charge in [-0.15, -0.1) is 0 Å². The molecule has 0 aliphatic heterocycles. The molecule has 0 fully saturated rings. The SMILES string of the molecule is CC(C)c1nc(NC(=O)OC(C)(C)C)ns1. The van der Waals surface area contributed by atoms with Crippen LogP contribution in [0.5, 0.6) is 0 Å². The second-order valence-corrected chi connectivity index (χ2v) is 5.52. The van der Waals surface area contributed by atoms with Gasteiger partial charge in [0.1, 0.15) is 10.6 Å². The van der Waals surface area contributed by atoms with Gasteiger partial charge < -0.3 is 4.74 Å². The third-order valence-electron chi connectivity index (χ3n) is 1.55. The molecule has 5 nitrogen and oxygen atoms in total. The Hall–Kier alpha value is -1.17. The first kappa shape index (κ1) is 12.9. The molecule has 0 radical (unpaired) electrons. The Bertz CT molecular complexity index is 368. The highest BCUT2D eigenvalue weighted by Gasteiger charge is 2.17. The van der Waals surface area contributed by atoms with E-state index in [1.165, 1.54) is 11.5 Å². The molecule has 1 amide bonds. The van der Waals surface area contributed by atoms with Crippen molar-refractivity contribution in [2.24, 2.45) is 0 Å². The maximum Gasteiger partial charge on any atom is 0.414 e. The predicted molar refractivity (Wildman–Crippen MR) is 63.9 cm³/mol. The third kappa shape index (κ3) is 4.14. The number of carbonyl (C=O) groups is 1. The normalized spacial score (nSPS) is 11.6. The molecule has 6 heteroatoms. The average molecular weight is 243 g/mol. The van der Waals surface area contributed by atoms with Gasteiger partial charge in [-0.2, -0.15) is 4.37 Å². The lowest BCUT2D eigenvalue weighted by molar-refractivity contribution is 0.0635. The Morgan fingerprint density at radius 2 is 2.06 bits per heavy atom. The van der Waals surface area contributed by atoms with Gasteiger partial charge in [0.2, 0.25) is 5.95 Å². The minimum absolute atomic E-state index is 0.308. The van der Waals surface area contributed by atoms with Crippen molar-refractivity contribution in [3.05, 3.63) is 5.01 Å². The summed E-state index contributed by atoms with van der Waals surface area (Å²) in [6, 6.07) is 0. The van der Waals surface area contributed by atoms with E-state index in [1.54, 1.807) is 20.8 Å². The van der Waals surface area contributed by atoms with E-state index >= 15 is 0 Å². The number of anilines is 1. The molecule has 1 N–H and O–H groups in total. The number of rotatable bonds is 2. The molecule has 0 unspecified atom stereocenters. The van der Waals surface area contributed by atoms with Gasteiger partial charge in [0.15, 0.2) is 0 Å². The van der Waals surface area contributed by atoms with Crippen LogP contribution in [0.15, 0.2) is 0 Å². The van der Waals surface area contributed by atoms with Crippen LogP contribution in [0.3, 0.4) is 0 Å². The summed E-state index contributed by atoms with van der Waals surface area (Å²) in [4.78, 5) is 15.6. The number of ether oxygens (including phenoxy) is 1. The fourth-order valence-electron chi connectivity index (χ4n) is 0.915. The van der Waals surface area contributed by atoms with Crippen LogP contribution >= 0.6 is 11.5 Å². The van der Waals surface area contributed by atoms with Crippen molar-refractivity contribution in [2.45, 2.75) is 46.1 Å². The van der Waals surface area contributed by atoms with Gasteiger partial charge in [0.25, 0.3) is 0 Å². The highest BCUT2D eigenvalue weighted by molar-refractivity contribution is 7.05. The summed E-state index contributed by atoms with van der Waals surface area (Å²) in [6.07, 6.45) is -0.527. The second-order valence-electron chi connectivity index (χ2n) is 4.74. The summed E-state index contributed by atoms with van der Waals surface area (Å²) in [5, 5.41) is 3.40. The molecular weight excluding hydrogens is 226 g/mol. The molecule has 1 aromatic heterocycles. The van der Waals surface area contributed by atoms with Gasteiger partial charge in [0.05, 0.1) is 0 Å². The molecule has 0 saturated carbocycles. The standard InChI is InChI=1S/C10H17N3O2S/c1-6(2)7-11-8(13-16-7)12-9(14)15-10(3,4)5/h6H,1-5H3,(H,12,13,14). The van der Waals surface area contributed by atoms with Gasteiger partial charge in [-0.05, 0) is 32.3 Å². The first-order valence-corrected chi connectivity index (χ1v) is 5.89. The molecule has 0 aromatic carbocycles. The lowest BCUT2D eigenvalue weighted by Crippen LogP contribution is -2.27. The molecule has 1 heterocycles. The predicted octanol–water partition coefficient (Wildman–Crippen LogP) is 3.01. The number of hydrogen-bond acceptors (Lipinski definition) is 5. The largest absolute Gasteiger partial charge is 0.444 e. The van der Waals surface area contributed by atoms with E-state index in [9.17, 15) is 4.79 Å². The number of aromatic nitrogens is 2. The Morgan fingerprint density at radius 1 is 1.44 bits per heavy atom. The molecule has 0 aliphatic rings. The van der Waals surface area contributed by atoms with Crippen molar-refractivity contribution in [1.82, 2.24) is 9.36 Å². The Kier molecular flexibility index (Phi) is 3.85. The molecule has 1 aromatic rings. The van der Waals surface area contributed by atoms with E-state index in [2.05, 4.69) is 14.7 Å². The lowest BCUT2D eigenvalue weighted by Gasteiger charge is -2.18. The zero-order valence-electron chi connectivity index (χ0n) is 10.2. The minimum Gasteiger partial charge on any atom is -0.444 e. The molecular formula is C10H17N3O2S. The summed E-state index contributed by atoms with van der Waals surface area (Å²) >= 11 is 1.29. The van der Waals surface area contributed by atoms with Gasteiger partial charge in [-0.3, -0.25) is 5.32 Å². The molecule has 0 spiro atoms. The van der Waals surface area contributed by atoms with Crippen LogP contribution in [-0.2, 0) is 4.74 Å². The van der Waals surface area contributed by atoms with Crippen LogP contribution in [0.1, 0.15) is 45.5 Å². The van der Waals surface area contributed by atoms with E-state index in [0.717, 1.165) is 5.01 Å².